The Bertz CT molecular complexity index is 520. The molecule has 1 amide bonds. The maximum Gasteiger partial charge on any atom is 0.254 e. The van der Waals surface area contributed by atoms with Crippen molar-refractivity contribution in [1.29, 1.82) is 0 Å². The molecule has 24 heavy (non-hydrogen) atoms. The van der Waals surface area contributed by atoms with Crippen LogP contribution in [0.3, 0.4) is 0 Å². The Kier molecular flexibility index (Phi) is 7.14. The highest BCUT2D eigenvalue weighted by Crippen LogP contribution is 2.35. The number of halogens is 1. The molecule has 1 aliphatic heterocycles. The zero-order valence-corrected chi connectivity index (χ0v) is 15.2. The van der Waals surface area contributed by atoms with Crippen molar-refractivity contribution < 1.29 is 9.21 Å². The summed E-state index contributed by atoms with van der Waals surface area (Å²) < 4.78 is 5.27. The quantitative estimate of drug-likeness (QED) is 0.851. The van der Waals surface area contributed by atoms with Gasteiger partial charge in [0.2, 0.25) is 0 Å². The number of furan rings is 1. The predicted octanol–water partition coefficient (Wildman–Crippen LogP) is 3.08. The maximum absolute atomic E-state index is 12.4. The SMILES string of the molecule is Cl.NCc1cc(C(=O)NCC2(N3CCCCC3)CCCCC2)co1. The van der Waals surface area contributed by atoms with Gasteiger partial charge in [-0.25, -0.2) is 0 Å². The summed E-state index contributed by atoms with van der Waals surface area (Å²) >= 11 is 0. The fourth-order valence-electron chi connectivity index (χ4n) is 4.14. The lowest BCUT2D eigenvalue weighted by Crippen LogP contribution is -2.58. The molecule has 2 fully saturated rings. The third kappa shape index (κ3) is 4.32. The van der Waals surface area contributed by atoms with Crippen LogP contribution < -0.4 is 11.1 Å². The lowest BCUT2D eigenvalue weighted by atomic mass is 9.79. The van der Waals surface area contributed by atoms with E-state index in [1.165, 1.54) is 70.7 Å². The van der Waals surface area contributed by atoms with Crippen molar-refractivity contribution in [3.63, 3.8) is 0 Å². The van der Waals surface area contributed by atoms with Crippen LogP contribution in [-0.2, 0) is 6.54 Å². The second-order valence-electron chi connectivity index (χ2n) is 7.02. The molecule has 0 bridgehead atoms. The standard InChI is InChI=1S/C18H29N3O2.ClH/c19-12-16-11-15(13-23-16)17(22)20-14-18(7-3-1-4-8-18)21-9-5-2-6-10-21;/h11,13H,1-10,12,14,19H2,(H,20,22);1H. The number of amides is 1. The molecule has 1 saturated heterocycles. The van der Waals surface area contributed by atoms with E-state index in [-0.39, 0.29) is 23.9 Å². The Balaban J connectivity index is 0.00000208. The van der Waals surface area contributed by atoms with E-state index >= 15 is 0 Å². The van der Waals surface area contributed by atoms with Gasteiger partial charge in [0.15, 0.2) is 0 Å². The number of rotatable bonds is 5. The monoisotopic (exact) mass is 355 g/mol. The number of likely N-dealkylation sites (tertiary alicyclic amines) is 1. The lowest BCUT2D eigenvalue weighted by Gasteiger charge is -2.48. The largest absolute Gasteiger partial charge is 0.467 e. The Morgan fingerprint density at radius 1 is 1.17 bits per heavy atom. The molecule has 3 N–H and O–H groups in total. The third-order valence-electron chi connectivity index (χ3n) is 5.51. The molecule has 3 rings (SSSR count). The summed E-state index contributed by atoms with van der Waals surface area (Å²) in [7, 11) is 0. The van der Waals surface area contributed by atoms with Gasteiger partial charge in [0.25, 0.3) is 5.91 Å². The number of nitrogens with zero attached hydrogens (tertiary/aromatic N) is 1. The van der Waals surface area contributed by atoms with Gasteiger partial charge in [0.05, 0.1) is 12.1 Å². The first kappa shape index (κ1) is 19.3. The number of carbonyl (C=O) groups is 1. The van der Waals surface area contributed by atoms with Crippen molar-refractivity contribution in [3.05, 3.63) is 23.7 Å². The Hall–Kier alpha value is -1.04. The number of hydrogen-bond acceptors (Lipinski definition) is 4. The summed E-state index contributed by atoms with van der Waals surface area (Å²) in [6, 6.07) is 1.74. The zero-order valence-electron chi connectivity index (χ0n) is 14.4. The van der Waals surface area contributed by atoms with E-state index in [4.69, 9.17) is 10.2 Å². The smallest absolute Gasteiger partial charge is 0.254 e. The van der Waals surface area contributed by atoms with Crippen molar-refractivity contribution >= 4 is 18.3 Å². The molecule has 0 unspecified atom stereocenters. The van der Waals surface area contributed by atoms with Gasteiger partial charge in [-0.1, -0.05) is 25.7 Å². The second-order valence-corrected chi connectivity index (χ2v) is 7.02. The molecule has 0 aromatic carbocycles. The summed E-state index contributed by atoms with van der Waals surface area (Å²) in [6.07, 6.45) is 11.7. The van der Waals surface area contributed by atoms with Crippen LogP contribution in [0.15, 0.2) is 16.7 Å². The van der Waals surface area contributed by atoms with E-state index < -0.39 is 0 Å². The Labute approximate surface area is 150 Å². The molecule has 6 heteroatoms. The van der Waals surface area contributed by atoms with Gasteiger partial charge in [-0.15, -0.1) is 12.4 Å². The summed E-state index contributed by atoms with van der Waals surface area (Å²) in [5, 5.41) is 3.16. The molecule has 1 aliphatic carbocycles. The Morgan fingerprint density at radius 3 is 2.46 bits per heavy atom. The van der Waals surface area contributed by atoms with Crippen molar-refractivity contribution in [3.8, 4) is 0 Å². The summed E-state index contributed by atoms with van der Waals surface area (Å²) in [5.41, 5.74) is 6.28. The molecule has 136 valence electrons. The van der Waals surface area contributed by atoms with Crippen LogP contribution in [0.5, 0.6) is 0 Å². The highest BCUT2D eigenvalue weighted by molar-refractivity contribution is 5.94. The van der Waals surface area contributed by atoms with Crippen LogP contribution in [0.4, 0.5) is 0 Å². The van der Waals surface area contributed by atoms with E-state index in [0.29, 0.717) is 17.9 Å². The molecule has 0 atom stereocenters. The average molecular weight is 356 g/mol. The molecule has 1 aromatic rings. The lowest BCUT2D eigenvalue weighted by molar-refractivity contribution is 0.0326. The number of nitrogens with two attached hydrogens (primary N) is 1. The molecular formula is C18H30ClN3O2. The van der Waals surface area contributed by atoms with Crippen LogP contribution in [0.25, 0.3) is 0 Å². The highest BCUT2D eigenvalue weighted by atomic mass is 35.5. The number of carbonyl (C=O) groups excluding carboxylic acids is 1. The molecule has 0 radical (unpaired) electrons. The van der Waals surface area contributed by atoms with Gasteiger partial charge in [0, 0.05) is 12.1 Å². The van der Waals surface area contributed by atoms with Crippen molar-refractivity contribution in [2.24, 2.45) is 5.73 Å². The topological polar surface area (TPSA) is 71.5 Å². The minimum absolute atomic E-state index is 0. The van der Waals surface area contributed by atoms with E-state index in [1.807, 2.05) is 0 Å². The highest BCUT2D eigenvalue weighted by Gasteiger charge is 2.38. The van der Waals surface area contributed by atoms with Gasteiger partial charge in [0.1, 0.15) is 12.0 Å². The van der Waals surface area contributed by atoms with E-state index in [0.717, 1.165) is 6.54 Å². The van der Waals surface area contributed by atoms with Crippen LogP contribution in [0, 0.1) is 0 Å². The second kappa shape index (κ2) is 8.88. The van der Waals surface area contributed by atoms with Gasteiger partial charge in [-0.3, -0.25) is 9.69 Å². The normalized spacial score (nSPS) is 21.0. The van der Waals surface area contributed by atoms with Gasteiger partial charge in [-0.05, 0) is 44.8 Å². The van der Waals surface area contributed by atoms with Crippen molar-refractivity contribution in [1.82, 2.24) is 10.2 Å². The van der Waals surface area contributed by atoms with E-state index in [2.05, 4.69) is 10.2 Å². The molecule has 2 aliphatic rings. The maximum atomic E-state index is 12.4. The summed E-state index contributed by atoms with van der Waals surface area (Å²) in [4.78, 5) is 15.1. The number of hydrogen-bond donors (Lipinski definition) is 2. The fourth-order valence-corrected chi connectivity index (χ4v) is 4.14. The number of piperidine rings is 1. The summed E-state index contributed by atoms with van der Waals surface area (Å²) in [6.45, 7) is 3.43. The minimum atomic E-state index is -0.0459. The predicted molar refractivity (Wildman–Crippen MR) is 97.4 cm³/mol. The molecule has 2 heterocycles. The first-order valence-corrected chi connectivity index (χ1v) is 9.04. The van der Waals surface area contributed by atoms with E-state index in [9.17, 15) is 4.79 Å². The Morgan fingerprint density at radius 2 is 1.83 bits per heavy atom. The molecule has 5 nitrogen and oxygen atoms in total. The van der Waals surface area contributed by atoms with E-state index in [1.54, 1.807) is 6.07 Å². The van der Waals surface area contributed by atoms with Crippen LogP contribution >= 0.6 is 12.4 Å². The van der Waals surface area contributed by atoms with Gasteiger partial charge >= 0.3 is 0 Å². The zero-order chi connectivity index (χ0) is 16.1. The van der Waals surface area contributed by atoms with Crippen LogP contribution in [0.1, 0.15) is 67.5 Å². The van der Waals surface area contributed by atoms with Crippen LogP contribution in [0.2, 0.25) is 0 Å². The fraction of sp³-hybridized carbons (Fsp3) is 0.722. The average Bonchev–Trinajstić information content (AvgIpc) is 3.10. The number of nitrogens with one attached hydrogen (secondary N) is 1. The van der Waals surface area contributed by atoms with Crippen molar-refractivity contribution in [2.75, 3.05) is 19.6 Å². The molecule has 1 aromatic heterocycles. The minimum Gasteiger partial charge on any atom is -0.467 e. The first-order valence-electron chi connectivity index (χ1n) is 9.04. The molecule has 1 saturated carbocycles. The van der Waals surface area contributed by atoms with Crippen molar-refractivity contribution in [2.45, 2.75) is 63.5 Å². The molecular weight excluding hydrogens is 326 g/mol. The molecule has 0 spiro atoms. The first-order chi connectivity index (χ1) is 11.2. The van der Waals surface area contributed by atoms with Gasteiger partial charge < -0.3 is 15.5 Å². The third-order valence-corrected chi connectivity index (χ3v) is 5.51. The van der Waals surface area contributed by atoms with Gasteiger partial charge in [-0.2, -0.15) is 0 Å². The summed E-state index contributed by atoms with van der Waals surface area (Å²) in [5.74, 6) is 0.606. The van der Waals surface area contributed by atoms with Crippen LogP contribution in [-0.4, -0.2) is 36.0 Å².